The standard InChI is InChI=1S/C40H45N4O5.Mg/c1-10-24-20(5)27-16-29-22(7)26(12-13-33(45)49-15-14-19(3)4)37(43-29)35-36(40(47)48-9)39(46)34-23(8)30(44-38(34)35)18-32-25(11-2)21(6)28(42-32)17-31(24)41-27;/h10,14,16-18,22,26,35-37H,1,11-13,15H2,2-9H3,(H,44,46);/q-3;+2/p-1/b28-17-,29-16+,32-18-;/t22-,26-,35-,36+,37-;/m0./s1. The number of esters is 2. The van der Waals surface area contributed by atoms with Crippen molar-refractivity contribution in [3.05, 3.63) is 96.1 Å². The summed E-state index contributed by atoms with van der Waals surface area (Å²) in [4.78, 5) is 55.7. The van der Waals surface area contributed by atoms with Crippen LogP contribution < -0.4 is 25.7 Å². The predicted molar refractivity (Wildman–Crippen MR) is 195 cm³/mol. The number of methoxy groups -OCH3 is 1. The van der Waals surface area contributed by atoms with Crippen LogP contribution in [0.15, 0.2) is 23.9 Å². The molecule has 9 nitrogen and oxygen atoms in total. The van der Waals surface area contributed by atoms with Crippen LogP contribution in [0.5, 0.6) is 0 Å². The molecule has 0 amide bonds. The molecule has 5 atom stereocenters. The van der Waals surface area contributed by atoms with E-state index >= 15 is 0 Å². The molecule has 2 aliphatic heterocycles. The summed E-state index contributed by atoms with van der Waals surface area (Å²) < 4.78 is 10.7. The van der Waals surface area contributed by atoms with E-state index in [4.69, 9.17) is 29.7 Å². The molecule has 1 fully saturated rings. The molecule has 0 aromatic carbocycles. The van der Waals surface area contributed by atoms with Gasteiger partial charge in [0.2, 0.25) is 0 Å². The first kappa shape index (κ1) is 37.2. The molecular formula is C40H44MgN4O5-2. The van der Waals surface area contributed by atoms with Crippen molar-refractivity contribution in [2.75, 3.05) is 13.7 Å². The second-order valence-electron chi connectivity index (χ2n) is 13.7. The fraction of sp³-hybridized carbons (Fsp3) is 0.425. The van der Waals surface area contributed by atoms with Crippen molar-refractivity contribution >= 4 is 65.1 Å². The number of ketones is 1. The van der Waals surface area contributed by atoms with Crippen molar-refractivity contribution < 1.29 is 23.9 Å². The second-order valence-corrected chi connectivity index (χ2v) is 13.7. The van der Waals surface area contributed by atoms with Crippen LogP contribution in [0, 0.1) is 38.5 Å². The summed E-state index contributed by atoms with van der Waals surface area (Å²) in [5, 5.41) is 6.89. The first-order valence-corrected chi connectivity index (χ1v) is 17.1. The van der Waals surface area contributed by atoms with Gasteiger partial charge in [0.05, 0.1) is 7.11 Å². The summed E-state index contributed by atoms with van der Waals surface area (Å²) in [7, 11) is 1.30. The van der Waals surface area contributed by atoms with Crippen molar-refractivity contribution in [2.45, 2.75) is 79.7 Å². The first-order chi connectivity index (χ1) is 23.4. The van der Waals surface area contributed by atoms with Gasteiger partial charge in [0.1, 0.15) is 12.5 Å². The number of rotatable bonds is 8. The fourth-order valence-corrected chi connectivity index (χ4v) is 7.84. The number of nitrogens with zero attached hydrogens (tertiary/aromatic N) is 4. The molecule has 10 heteroatoms. The van der Waals surface area contributed by atoms with Gasteiger partial charge >= 0.3 is 35.0 Å². The van der Waals surface area contributed by atoms with Crippen LogP contribution >= 0.6 is 0 Å². The minimum atomic E-state index is -1.09. The smallest absolute Gasteiger partial charge is 0.684 e. The normalized spacial score (nSPS) is 24.0. The summed E-state index contributed by atoms with van der Waals surface area (Å²) in [6.45, 7) is 18.4. The summed E-state index contributed by atoms with van der Waals surface area (Å²) >= 11 is 0. The molecule has 0 N–H and O–H groups in total. The maximum Gasteiger partial charge on any atom is 2.00 e. The van der Waals surface area contributed by atoms with Crippen molar-refractivity contribution in [3.8, 4) is 0 Å². The van der Waals surface area contributed by atoms with Gasteiger partial charge in [-0.1, -0.05) is 72.6 Å². The van der Waals surface area contributed by atoms with Crippen LogP contribution in [0.3, 0.4) is 0 Å². The van der Waals surface area contributed by atoms with Crippen LogP contribution in [0.25, 0.3) is 29.6 Å². The number of carbonyl (C=O) groups is 3. The maximum atomic E-state index is 14.2. The van der Waals surface area contributed by atoms with Gasteiger partial charge < -0.3 is 29.7 Å². The molecule has 6 rings (SSSR count). The summed E-state index contributed by atoms with van der Waals surface area (Å²) in [5.74, 6) is -3.28. The van der Waals surface area contributed by atoms with E-state index in [1.807, 2.05) is 58.1 Å². The van der Waals surface area contributed by atoms with E-state index < -0.39 is 23.8 Å². The Labute approximate surface area is 309 Å². The molecule has 1 saturated heterocycles. The van der Waals surface area contributed by atoms with Gasteiger partial charge in [0, 0.05) is 12.0 Å². The molecule has 1 aliphatic carbocycles. The summed E-state index contributed by atoms with van der Waals surface area (Å²) in [5.41, 5.74) is 9.83. The van der Waals surface area contributed by atoms with Crippen LogP contribution in [0.1, 0.15) is 107 Å². The van der Waals surface area contributed by atoms with E-state index in [1.165, 1.54) is 7.11 Å². The number of allylic oxidation sites excluding steroid dienone is 2. The maximum absolute atomic E-state index is 14.2. The number of ether oxygens (including phenoxy) is 2. The molecule has 3 aliphatic rings. The molecule has 5 heterocycles. The van der Waals surface area contributed by atoms with Crippen molar-refractivity contribution in [2.24, 2.45) is 17.8 Å². The molecule has 3 aromatic heterocycles. The van der Waals surface area contributed by atoms with Gasteiger partial charge in [-0.25, -0.2) is 0 Å². The molecule has 0 saturated carbocycles. The van der Waals surface area contributed by atoms with E-state index in [-0.39, 0.29) is 59.7 Å². The number of hydrogen-bond donors (Lipinski definition) is 0. The van der Waals surface area contributed by atoms with Gasteiger partial charge in [-0.05, 0) is 76.9 Å². The Morgan fingerprint density at radius 1 is 0.960 bits per heavy atom. The Balaban J connectivity index is 0.00000486. The third-order valence-electron chi connectivity index (χ3n) is 10.6. The van der Waals surface area contributed by atoms with Crippen LogP contribution in [0.2, 0.25) is 0 Å². The average Bonchev–Trinajstić information content (AvgIpc) is 3.80. The molecule has 50 heavy (non-hydrogen) atoms. The Morgan fingerprint density at radius 3 is 2.32 bits per heavy atom. The summed E-state index contributed by atoms with van der Waals surface area (Å²) in [6, 6.07) is -0.520. The third-order valence-corrected chi connectivity index (χ3v) is 10.6. The zero-order chi connectivity index (χ0) is 35.3. The van der Waals surface area contributed by atoms with Gasteiger partial charge in [-0.3, -0.25) is 14.4 Å². The average molecular weight is 685 g/mol. The topological polar surface area (TPSA) is 126 Å². The molecule has 0 spiro atoms. The molecule has 8 bridgehead atoms. The molecule has 3 aromatic rings. The predicted octanol–water partition coefficient (Wildman–Crippen LogP) is 4.69. The number of fused-ring (bicyclic) bond motifs is 8. The van der Waals surface area contributed by atoms with Gasteiger partial charge in [-0.2, -0.15) is 5.70 Å². The van der Waals surface area contributed by atoms with E-state index in [2.05, 4.69) is 27.4 Å². The van der Waals surface area contributed by atoms with Crippen LogP contribution in [0.4, 0.5) is 0 Å². The van der Waals surface area contributed by atoms with Crippen molar-refractivity contribution in [3.63, 3.8) is 0 Å². The fourth-order valence-electron chi connectivity index (χ4n) is 7.84. The van der Waals surface area contributed by atoms with Gasteiger partial charge in [-0.15, -0.1) is 39.5 Å². The van der Waals surface area contributed by atoms with Crippen molar-refractivity contribution in [1.29, 1.82) is 0 Å². The zero-order valence-electron chi connectivity index (χ0n) is 30.3. The minimum Gasteiger partial charge on any atom is -0.684 e. The Bertz CT molecular complexity index is 2050. The van der Waals surface area contributed by atoms with Crippen LogP contribution in [-0.2, 0) is 25.5 Å². The van der Waals surface area contributed by atoms with E-state index in [0.29, 0.717) is 28.9 Å². The second kappa shape index (κ2) is 14.7. The van der Waals surface area contributed by atoms with Gasteiger partial charge in [0.15, 0.2) is 5.78 Å². The molecule has 0 unspecified atom stereocenters. The number of Topliss-reactive ketones (excluding diaryl/α,β-unsaturated/α-hetero) is 1. The first-order valence-electron chi connectivity index (χ1n) is 17.1. The molecule has 0 radical (unpaired) electrons. The van der Waals surface area contributed by atoms with E-state index in [1.54, 1.807) is 0 Å². The molecular weight excluding hydrogens is 641 g/mol. The van der Waals surface area contributed by atoms with Gasteiger partial charge in [0.25, 0.3) is 0 Å². The number of hydrogen-bond acceptors (Lipinski definition) is 5. The largest absolute Gasteiger partial charge is 2.00 e. The number of aromatic nitrogens is 3. The monoisotopic (exact) mass is 684 g/mol. The third kappa shape index (κ3) is 6.36. The van der Waals surface area contributed by atoms with E-state index in [9.17, 15) is 14.4 Å². The Morgan fingerprint density at radius 2 is 1.66 bits per heavy atom. The summed E-state index contributed by atoms with van der Waals surface area (Å²) in [6.07, 6.45) is 11.0. The van der Waals surface area contributed by atoms with E-state index in [0.717, 1.165) is 62.0 Å². The SMILES string of the molecule is C=Cc1c2[n-]c(c1C)/C=C1/[N-][C@@H]([C@@H](CCC(=O)OCC=C(C)C)[C@@H]1C)[C@H]1c3[n-]c(c(C)c3C(=O)[C@@H]1C(=O)OC)/C=c1\[n-]/c(c(C)c1CC)=C\2.[Mg+2]. The molecule has 258 valence electrons. The minimum absolute atomic E-state index is 0. The Kier molecular flexibility index (Phi) is 10.9. The number of carbonyl (C=O) groups excluding carboxylic acids is 3. The van der Waals surface area contributed by atoms with Crippen LogP contribution in [-0.4, -0.2) is 60.5 Å². The quantitative estimate of drug-likeness (QED) is 0.145. The Hall–Kier alpha value is -4.02. The zero-order valence-corrected chi connectivity index (χ0v) is 31.8. The van der Waals surface area contributed by atoms with Crippen molar-refractivity contribution in [1.82, 2.24) is 15.0 Å².